The molecule has 0 aliphatic rings. The van der Waals surface area contributed by atoms with Gasteiger partial charge in [0.05, 0.1) is 20.0 Å². The van der Waals surface area contributed by atoms with Crippen LogP contribution in [-0.4, -0.2) is 39.7 Å². The highest BCUT2D eigenvalue weighted by Gasteiger charge is 2.18. The minimum atomic E-state index is -3.33. The lowest BCUT2D eigenvalue weighted by Gasteiger charge is -2.17. The highest BCUT2D eigenvalue weighted by Crippen LogP contribution is 2.27. The highest BCUT2D eigenvalue weighted by atomic mass is 32.2. The van der Waals surface area contributed by atoms with E-state index in [2.05, 4.69) is 0 Å². The Bertz CT molecular complexity index is 760. The van der Waals surface area contributed by atoms with E-state index in [9.17, 15) is 8.42 Å². The average Bonchev–Trinajstić information content (AvgIpc) is 2.60. The van der Waals surface area contributed by atoms with Crippen LogP contribution in [0.15, 0.2) is 48.5 Å². The minimum absolute atomic E-state index is 0.0474. The van der Waals surface area contributed by atoms with Crippen LogP contribution in [0.1, 0.15) is 11.1 Å². The lowest BCUT2D eigenvalue weighted by atomic mass is 10.1. The number of benzene rings is 2. The maximum atomic E-state index is 12.5. The maximum Gasteiger partial charge on any atom is 0.214 e. The predicted molar refractivity (Wildman–Crippen MR) is 94.9 cm³/mol. The maximum absolute atomic E-state index is 12.5. The van der Waals surface area contributed by atoms with Crippen LogP contribution in [0, 0.1) is 0 Å². The summed E-state index contributed by atoms with van der Waals surface area (Å²) in [5.74, 6) is 1.28. The van der Waals surface area contributed by atoms with Gasteiger partial charge in [-0.2, -0.15) is 0 Å². The number of methoxy groups -OCH3 is 2. The van der Waals surface area contributed by atoms with E-state index in [1.165, 1.54) is 4.31 Å². The van der Waals surface area contributed by atoms with Crippen molar-refractivity contribution in [2.45, 2.75) is 13.0 Å². The standard InChI is InChI=1S/C18H23NO4S/c1-19(14-16-7-5-4-6-8-16)24(20,21)12-11-15-9-10-17(22-2)18(13-15)23-3/h4-10,13H,11-12,14H2,1-3H3. The fourth-order valence-electron chi connectivity index (χ4n) is 2.38. The molecule has 0 atom stereocenters. The number of nitrogens with zero attached hydrogens (tertiary/aromatic N) is 1. The molecule has 2 rings (SSSR count). The van der Waals surface area contributed by atoms with Gasteiger partial charge in [-0.05, 0) is 29.7 Å². The van der Waals surface area contributed by atoms with Crippen LogP contribution in [0.3, 0.4) is 0 Å². The Morgan fingerprint density at radius 2 is 1.58 bits per heavy atom. The first-order valence-electron chi connectivity index (χ1n) is 7.65. The van der Waals surface area contributed by atoms with Crippen molar-refractivity contribution in [1.82, 2.24) is 4.31 Å². The molecule has 0 radical (unpaired) electrons. The van der Waals surface area contributed by atoms with E-state index in [1.54, 1.807) is 27.3 Å². The first-order valence-corrected chi connectivity index (χ1v) is 9.26. The summed E-state index contributed by atoms with van der Waals surface area (Å²) >= 11 is 0. The molecule has 130 valence electrons. The molecular formula is C18H23NO4S. The van der Waals surface area contributed by atoms with Crippen molar-refractivity contribution < 1.29 is 17.9 Å². The number of hydrogen-bond donors (Lipinski definition) is 0. The molecule has 2 aromatic carbocycles. The molecule has 2 aromatic rings. The molecule has 0 amide bonds. The van der Waals surface area contributed by atoms with Crippen LogP contribution in [0.25, 0.3) is 0 Å². The van der Waals surface area contributed by atoms with Crippen LogP contribution in [-0.2, 0) is 23.0 Å². The van der Waals surface area contributed by atoms with Crippen LogP contribution < -0.4 is 9.47 Å². The number of aryl methyl sites for hydroxylation is 1. The summed E-state index contributed by atoms with van der Waals surface area (Å²) in [6.07, 6.45) is 0.418. The molecule has 0 heterocycles. The Hall–Kier alpha value is -2.05. The third kappa shape index (κ3) is 4.72. The third-order valence-corrected chi connectivity index (χ3v) is 5.62. The summed E-state index contributed by atoms with van der Waals surface area (Å²) in [5.41, 5.74) is 1.86. The Balaban J connectivity index is 2.01. The monoisotopic (exact) mass is 349 g/mol. The Morgan fingerprint density at radius 1 is 0.917 bits per heavy atom. The van der Waals surface area contributed by atoms with E-state index in [1.807, 2.05) is 42.5 Å². The molecule has 0 spiro atoms. The number of hydrogen-bond acceptors (Lipinski definition) is 4. The van der Waals surface area contributed by atoms with Gasteiger partial charge in [-0.25, -0.2) is 12.7 Å². The van der Waals surface area contributed by atoms with Crippen LogP contribution in [0.2, 0.25) is 0 Å². The summed E-state index contributed by atoms with van der Waals surface area (Å²) in [6, 6.07) is 15.0. The van der Waals surface area contributed by atoms with E-state index in [0.29, 0.717) is 24.5 Å². The first kappa shape index (κ1) is 18.3. The molecule has 0 unspecified atom stereocenters. The third-order valence-electron chi connectivity index (χ3n) is 3.82. The molecule has 0 bridgehead atoms. The predicted octanol–water partition coefficient (Wildman–Crippen LogP) is 2.71. The molecular weight excluding hydrogens is 326 g/mol. The van der Waals surface area contributed by atoms with Crippen molar-refractivity contribution in [3.8, 4) is 11.5 Å². The van der Waals surface area contributed by atoms with E-state index < -0.39 is 10.0 Å². The summed E-state index contributed by atoms with van der Waals surface area (Å²) < 4.78 is 36.7. The second-order valence-electron chi connectivity index (χ2n) is 5.50. The van der Waals surface area contributed by atoms with E-state index >= 15 is 0 Å². The van der Waals surface area contributed by atoms with Gasteiger partial charge >= 0.3 is 0 Å². The van der Waals surface area contributed by atoms with Gasteiger partial charge in [-0.3, -0.25) is 0 Å². The van der Waals surface area contributed by atoms with Gasteiger partial charge in [0, 0.05) is 13.6 Å². The molecule has 0 fully saturated rings. The summed E-state index contributed by atoms with van der Waals surface area (Å²) in [6.45, 7) is 0.370. The molecule has 24 heavy (non-hydrogen) atoms. The van der Waals surface area contributed by atoms with Gasteiger partial charge < -0.3 is 9.47 Å². The number of rotatable bonds is 8. The minimum Gasteiger partial charge on any atom is -0.493 e. The lowest BCUT2D eigenvalue weighted by molar-refractivity contribution is 0.354. The van der Waals surface area contributed by atoms with Crippen molar-refractivity contribution in [2.24, 2.45) is 0 Å². The summed E-state index contributed by atoms with van der Waals surface area (Å²) in [5, 5.41) is 0. The topological polar surface area (TPSA) is 55.8 Å². The fraction of sp³-hybridized carbons (Fsp3) is 0.333. The largest absolute Gasteiger partial charge is 0.493 e. The second kappa shape index (κ2) is 8.17. The average molecular weight is 349 g/mol. The van der Waals surface area contributed by atoms with Gasteiger partial charge in [0.25, 0.3) is 0 Å². The van der Waals surface area contributed by atoms with Gasteiger partial charge in [0.1, 0.15) is 0 Å². The molecule has 0 aliphatic carbocycles. The van der Waals surface area contributed by atoms with Crippen molar-refractivity contribution in [3.05, 3.63) is 59.7 Å². The first-order chi connectivity index (χ1) is 11.5. The van der Waals surface area contributed by atoms with Gasteiger partial charge in [0.2, 0.25) is 10.0 Å². The van der Waals surface area contributed by atoms with Crippen LogP contribution in [0.5, 0.6) is 11.5 Å². The molecule has 0 saturated heterocycles. The van der Waals surface area contributed by atoms with Crippen LogP contribution in [0.4, 0.5) is 0 Å². The van der Waals surface area contributed by atoms with Crippen molar-refractivity contribution in [2.75, 3.05) is 27.0 Å². The van der Waals surface area contributed by atoms with Crippen molar-refractivity contribution in [1.29, 1.82) is 0 Å². The second-order valence-corrected chi connectivity index (χ2v) is 7.69. The van der Waals surface area contributed by atoms with E-state index in [-0.39, 0.29) is 5.75 Å². The van der Waals surface area contributed by atoms with Gasteiger partial charge in [0.15, 0.2) is 11.5 Å². The van der Waals surface area contributed by atoms with Crippen molar-refractivity contribution in [3.63, 3.8) is 0 Å². The quantitative estimate of drug-likeness (QED) is 0.735. The highest BCUT2D eigenvalue weighted by molar-refractivity contribution is 7.89. The Kier molecular flexibility index (Phi) is 6.23. The smallest absolute Gasteiger partial charge is 0.214 e. The van der Waals surface area contributed by atoms with E-state index in [0.717, 1.165) is 11.1 Å². The number of ether oxygens (including phenoxy) is 2. The molecule has 0 aliphatic heterocycles. The zero-order valence-corrected chi connectivity index (χ0v) is 15.0. The van der Waals surface area contributed by atoms with E-state index in [4.69, 9.17) is 9.47 Å². The van der Waals surface area contributed by atoms with Gasteiger partial charge in [-0.15, -0.1) is 0 Å². The van der Waals surface area contributed by atoms with Crippen LogP contribution >= 0.6 is 0 Å². The summed E-state index contributed by atoms with van der Waals surface area (Å²) in [4.78, 5) is 0. The lowest BCUT2D eigenvalue weighted by Crippen LogP contribution is -2.29. The fourth-order valence-corrected chi connectivity index (χ4v) is 3.53. The SMILES string of the molecule is COc1ccc(CCS(=O)(=O)N(C)Cc2ccccc2)cc1OC. The zero-order chi connectivity index (χ0) is 17.6. The number of sulfonamides is 1. The molecule has 0 aromatic heterocycles. The summed E-state index contributed by atoms with van der Waals surface area (Å²) in [7, 11) is 1.41. The normalized spacial score (nSPS) is 11.5. The Morgan fingerprint density at radius 3 is 2.21 bits per heavy atom. The van der Waals surface area contributed by atoms with Gasteiger partial charge in [-0.1, -0.05) is 36.4 Å². The molecule has 0 saturated carbocycles. The molecule has 0 N–H and O–H groups in total. The molecule has 6 heteroatoms. The van der Waals surface area contributed by atoms with Crippen molar-refractivity contribution >= 4 is 10.0 Å². The zero-order valence-electron chi connectivity index (χ0n) is 14.2. The Labute approximate surface area is 143 Å². The molecule has 5 nitrogen and oxygen atoms in total.